The Bertz CT molecular complexity index is 631. The summed E-state index contributed by atoms with van der Waals surface area (Å²) in [6, 6.07) is 2.99. The van der Waals surface area contributed by atoms with Crippen molar-refractivity contribution in [1.29, 1.82) is 0 Å². The van der Waals surface area contributed by atoms with Crippen LogP contribution in [0.25, 0.3) is 0 Å². The lowest BCUT2D eigenvalue weighted by atomic mass is 10.1. The van der Waals surface area contributed by atoms with E-state index in [-0.39, 0.29) is 23.7 Å². The van der Waals surface area contributed by atoms with E-state index in [4.69, 9.17) is 21.4 Å². The van der Waals surface area contributed by atoms with Gasteiger partial charge in [-0.3, -0.25) is 9.69 Å². The van der Waals surface area contributed by atoms with Gasteiger partial charge >= 0.3 is 6.09 Å². The molecule has 0 bridgehead atoms. The van der Waals surface area contributed by atoms with Gasteiger partial charge in [0.15, 0.2) is 0 Å². The third-order valence-corrected chi connectivity index (χ3v) is 4.02. The second-order valence-electron chi connectivity index (χ2n) is 5.25. The maximum atomic E-state index is 14.0. The number of nitrogens with one attached hydrogen (secondary N) is 1. The van der Waals surface area contributed by atoms with E-state index >= 15 is 0 Å². The van der Waals surface area contributed by atoms with E-state index in [0.717, 1.165) is 0 Å². The van der Waals surface area contributed by atoms with Crippen LogP contribution in [0.5, 0.6) is 0 Å². The number of hydrogen-bond acceptors (Lipinski definition) is 3. The number of alkyl halides is 1. The second kappa shape index (κ2) is 7.76. The molecule has 1 fully saturated rings. The van der Waals surface area contributed by atoms with Crippen LogP contribution in [0.15, 0.2) is 18.2 Å². The molecule has 1 saturated heterocycles. The number of nitrogens with zero attached hydrogens (tertiary/aromatic N) is 1. The molecular weight excluding hydrogens is 346 g/mol. The van der Waals surface area contributed by atoms with Gasteiger partial charge in [0.25, 0.3) is 0 Å². The van der Waals surface area contributed by atoms with E-state index in [9.17, 15) is 18.4 Å². The average Bonchev–Trinajstić information content (AvgIpc) is 2.86. The third kappa shape index (κ3) is 3.76. The molecule has 2 N–H and O–H groups in total. The van der Waals surface area contributed by atoms with Crippen molar-refractivity contribution in [3.05, 3.63) is 34.6 Å². The molecule has 1 aromatic carbocycles. The maximum Gasteiger partial charge on any atom is 0.408 e. The molecule has 2 rings (SSSR count). The number of hydrogen-bond donors (Lipinski definition) is 2. The monoisotopic (exact) mass is 362 g/mol. The lowest BCUT2D eigenvalue weighted by Crippen LogP contribution is -2.50. The first kappa shape index (κ1) is 18.4. The van der Waals surface area contributed by atoms with Crippen molar-refractivity contribution >= 4 is 23.6 Å². The van der Waals surface area contributed by atoms with Crippen LogP contribution < -0.4 is 5.32 Å². The highest BCUT2D eigenvalue weighted by Crippen LogP contribution is 2.25. The van der Waals surface area contributed by atoms with Gasteiger partial charge in [-0.25, -0.2) is 13.6 Å². The summed E-state index contributed by atoms with van der Waals surface area (Å²) in [6.07, 6.45) is -4.23. The van der Waals surface area contributed by atoms with Gasteiger partial charge in [0.2, 0.25) is 5.91 Å². The van der Waals surface area contributed by atoms with Gasteiger partial charge in [0, 0.05) is 18.7 Å². The fourth-order valence-electron chi connectivity index (χ4n) is 2.63. The fourth-order valence-corrected chi connectivity index (χ4v) is 2.82. The molecule has 1 aliphatic rings. The van der Waals surface area contributed by atoms with Crippen molar-refractivity contribution in [1.82, 2.24) is 10.2 Å². The normalized spacial score (nSPS) is 23.3. The highest BCUT2D eigenvalue weighted by molar-refractivity contribution is 6.30. The van der Waals surface area contributed by atoms with Gasteiger partial charge in [-0.1, -0.05) is 23.7 Å². The Morgan fingerprint density at radius 3 is 2.83 bits per heavy atom. The number of carboxylic acid groups (broad SMARTS) is 1. The number of benzene rings is 1. The molecule has 3 atom stereocenters. The molecule has 0 spiro atoms. The molecule has 132 valence electrons. The molecule has 24 heavy (non-hydrogen) atoms. The lowest BCUT2D eigenvalue weighted by molar-refractivity contribution is -0.129. The minimum absolute atomic E-state index is 0.0919. The number of amides is 2. The van der Waals surface area contributed by atoms with Crippen molar-refractivity contribution in [2.45, 2.75) is 31.8 Å². The number of carbonyl (C=O) groups is 2. The first-order valence-electron chi connectivity index (χ1n) is 7.32. The van der Waals surface area contributed by atoms with Crippen LogP contribution in [0.3, 0.4) is 0 Å². The van der Waals surface area contributed by atoms with Gasteiger partial charge in [-0.15, -0.1) is 0 Å². The molecule has 0 aromatic heterocycles. The summed E-state index contributed by atoms with van der Waals surface area (Å²) >= 11 is 5.66. The van der Waals surface area contributed by atoms with E-state index in [0.29, 0.717) is 4.90 Å². The van der Waals surface area contributed by atoms with Crippen molar-refractivity contribution in [3.63, 3.8) is 0 Å². The van der Waals surface area contributed by atoms with Crippen LogP contribution in [0.1, 0.15) is 12.5 Å². The Kier molecular flexibility index (Phi) is 5.95. The van der Waals surface area contributed by atoms with E-state index in [1.54, 1.807) is 6.92 Å². The van der Waals surface area contributed by atoms with E-state index in [1.165, 1.54) is 18.2 Å². The quantitative estimate of drug-likeness (QED) is 0.841. The summed E-state index contributed by atoms with van der Waals surface area (Å²) in [4.78, 5) is 24.3. The zero-order valence-electron chi connectivity index (χ0n) is 12.8. The SMILES string of the molecule is CCO[C@H]1[C@@H](C(=O)NCc2cccc(Cl)c2F)N(C(=O)O)C[C@@H]1F. The Labute approximate surface area is 142 Å². The standard InChI is InChI=1S/C15H17ClF2N2O4/c1-2-24-13-10(17)7-20(15(22)23)12(13)14(21)19-6-8-4-3-5-9(16)11(8)18/h3-5,10,12-13H,2,6-7H2,1H3,(H,19,21)(H,22,23)/t10-,12-,13+/m0/s1. The van der Waals surface area contributed by atoms with E-state index < -0.39 is 42.7 Å². The average molecular weight is 363 g/mol. The van der Waals surface area contributed by atoms with Crippen LogP contribution in [0.4, 0.5) is 13.6 Å². The molecule has 0 aliphatic carbocycles. The molecule has 0 unspecified atom stereocenters. The minimum atomic E-state index is -1.61. The predicted molar refractivity (Wildman–Crippen MR) is 82.1 cm³/mol. The number of ether oxygens (including phenoxy) is 1. The molecule has 1 aliphatic heterocycles. The maximum absolute atomic E-state index is 14.0. The Morgan fingerprint density at radius 1 is 1.50 bits per heavy atom. The zero-order chi connectivity index (χ0) is 17.9. The number of carbonyl (C=O) groups excluding carboxylic acids is 1. The minimum Gasteiger partial charge on any atom is -0.465 e. The summed E-state index contributed by atoms with van der Waals surface area (Å²) in [5.41, 5.74) is 0.139. The Balaban J connectivity index is 2.12. The summed E-state index contributed by atoms with van der Waals surface area (Å²) in [7, 11) is 0. The summed E-state index contributed by atoms with van der Waals surface area (Å²) in [6.45, 7) is 1.09. The molecule has 1 aromatic rings. The van der Waals surface area contributed by atoms with Crippen molar-refractivity contribution in [2.75, 3.05) is 13.2 Å². The molecule has 0 radical (unpaired) electrons. The first-order chi connectivity index (χ1) is 11.4. The van der Waals surface area contributed by atoms with Gasteiger partial charge in [0.1, 0.15) is 24.1 Å². The number of rotatable bonds is 5. The Morgan fingerprint density at radius 2 is 2.21 bits per heavy atom. The molecule has 6 nitrogen and oxygen atoms in total. The van der Waals surface area contributed by atoms with Crippen LogP contribution in [0, 0.1) is 5.82 Å². The molecule has 2 amide bonds. The van der Waals surface area contributed by atoms with E-state index in [2.05, 4.69) is 5.32 Å². The molecule has 9 heteroatoms. The van der Waals surface area contributed by atoms with Crippen LogP contribution in [-0.4, -0.2) is 53.5 Å². The van der Waals surface area contributed by atoms with Crippen molar-refractivity contribution in [2.24, 2.45) is 0 Å². The number of halogens is 3. The molecule has 0 saturated carbocycles. The van der Waals surface area contributed by atoms with Gasteiger partial charge in [-0.05, 0) is 13.0 Å². The van der Waals surface area contributed by atoms with Gasteiger partial charge in [0.05, 0.1) is 11.6 Å². The van der Waals surface area contributed by atoms with Crippen LogP contribution >= 0.6 is 11.6 Å². The summed E-state index contributed by atoms with van der Waals surface area (Å²) < 4.78 is 33.0. The largest absolute Gasteiger partial charge is 0.465 e. The summed E-state index contributed by atoms with van der Waals surface area (Å²) in [5, 5.41) is 11.5. The molecule has 1 heterocycles. The fraction of sp³-hybridized carbons (Fsp3) is 0.467. The highest BCUT2D eigenvalue weighted by Gasteiger charge is 2.49. The van der Waals surface area contributed by atoms with Crippen LogP contribution in [-0.2, 0) is 16.1 Å². The van der Waals surface area contributed by atoms with Crippen molar-refractivity contribution < 1.29 is 28.2 Å². The highest BCUT2D eigenvalue weighted by atomic mass is 35.5. The second-order valence-corrected chi connectivity index (χ2v) is 5.65. The molecular formula is C15H17ClF2N2O4. The lowest BCUT2D eigenvalue weighted by Gasteiger charge is -2.24. The Hall–Kier alpha value is -1.93. The van der Waals surface area contributed by atoms with E-state index in [1.807, 2.05) is 0 Å². The van der Waals surface area contributed by atoms with Crippen molar-refractivity contribution in [3.8, 4) is 0 Å². The topological polar surface area (TPSA) is 78.9 Å². The number of likely N-dealkylation sites (tertiary alicyclic amines) is 1. The predicted octanol–water partition coefficient (Wildman–Crippen LogP) is 2.20. The first-order valence-corrected chi connectivity index (χ1v) is 7.70. The smallest absolute Gasteiger partial charge is 0.408 e. The van der Waals surface area contributed by atoms with Crippen LogP contribution in [0.2, 0.25) is 5.02 Å². The van der Waals surface area contributed by atoms with Gasteiger partial charge < -0.3 is 15.2 Å². The van der Waals surface area contributed by atoms with Gasteiger partial charge in [-0.2, -0.15) is 0 Å². The summed E-state index contributed by atoms with van der Waals surface area (Å²) in [5.74, 6) is -1.43. The third-order valence-electron chi connectivity index (χ3n) is 3.73. The zero-order valence-corrected chi connectivity index (χ0v) is 13.6.